The molecule has 1 aliphatic rings. The van der Waals surface area contributed by atoms with Gasteiger partial charge in [0.15, 0.2) is 5.82 Å². The zero-order valence-corrected chi connectivity index (χ0v) is 10.5. The van der Waals surface area contributed by atoms with Crippen LogP contribution < -0.4 is 11.0 Å². The number of aromatic amines is 1. The number of imidazole rings is 2. The van der Waals surface area contributed by atoms with Crippen LogP contribution in [0.5, 0.6) is 0 Å². The third kappa shape index (κ3) is 1.38. The van der Waals surface area contributed by atoms with Crippen molar-refractivity contribution in [3.05, 3.63) is 16.8 Å². The van der Waals surface area contributed by atoms with E-state index in [4.69, 9.17) is 24.4 Å². The van der Waals surface area contributed by atoms with Gasteiger partial charge >= 0.3 is 5.69 Å². The molecular weight excluding hydrogens is 272 g/mol. The first-order valence-electron chi connectivity index (χ1n) is 4.87. The molecule has 0 unspecified atom stereocenters. The molecule has 0 bridgehead atoms. The molecule has 1 aliphatic heterocycles. The van der Waals surface area contributed by atoms with Crippen LogP contribution in [0.15, 0.2) is 16.1 Å². The fraction of sp³-hybridized carbons (Fsp3) is 0. The Bertz CT molecular complexity index is 737. The Morgan fingerprint density at radius 2 is 2.17 bits per heavy atom. The number of hydrogen-bond donors (Lipinski definition) is 2. The van der Waals surface area contributed by atoms with Gasteiger partial charge < -0.3 is 10.3 Å². The molecule has 2 N–H and O–H groups in total. The Labute approximate surface area is 111 Å². The number of nitrogens with zero attached hydrogens (tertiary/aromatic N) is 4. The van der Waals surface area contributed by atoms with E-state index in [2.05, 4.69) is 20.3 Å². The maximum Gasteiger partial charge on any atom is 0.332 e. The van der Waals surface area contributed by atoms with Gasteiger partial charge in [0, 0.05) is 0 Å². The SMILES string of the molecule is O=c1[nH]c2c(n1C=S)NC=Nc1c-2ncn1C=S. The van der Waals surface area contributed by atoms with E-state index in [0.29, 0.717) is 23.0 Å². The Kier molecular flexibility index (Phi) is 2.42. The van der Waals surface area contributed by atoms with Crippen LogP contribution in [0.4, 0.5) is 11.6 Å². The second-order valence-corrected chi connectivity index (χ2v) is 3.88. The van der Waals surface area contributed by atoms with Gasteiger partial charge in [0.05, 0.1) is 17.3 Å². The summed E-state index contributed by atoms with van der Waals surface area (Å²) in [6.07, 6.45) is 3.00. The molecule has 0 aromatic carbocycles. The lowest BCUT2D eigenvalue weighted by Gasteiger charge is -1.99. The van der Waals surface area contributed by atoms with Crippen molar-refractivity contribution in [3.8, 4) is 11.4 Å². The molecule has 3 rings (SSSR count). The molecule has 7 nitrogen and oxygen atoms in total. The molecule has 9 heteroatoms. The van der Waals surface area contributed by atoms with Crippen molar-refractivity contribution in [2.45, 2.75) is 0 Å². The van der Waals surface area contributed by atoms with E-state index in [1.165, 1.54) is 28.2 Å². The highest BCUT2D eigenvalue weighted by atomic mass is 32.1. The molecule has 0 spiro atoms. The molecule has 0 atom stereocenters. The van der Waals surface area contributed by atoms with Gasteiger partial charge in [0.2, 0.25) is 0 Å². The fourth-order valence-electron chi connectivity index (χ4n) is 1.75. The van der Waals surface area contributed by atoms with Gasteiger partial charge in [-0.3, -0.25) is 4.57 Å². The molecule has 90 valence electrons. The first kappa shape index (κ1) is 11.0. The van der Waals surface area contributed by atoms with Crippen LogP contribution in [-0.2, 0) is 0 Å². The van der Waals surface area contributed by atoms with Crippen LogP contribution in [-0.4, -0.2) is 36.4 Å². The van der Waals surface area contributed by atoms with Crippen LogP contribution in [0, 0.1) is 0 Å². The van der Waals surface area contributed by atoms with Crippen LogP contribution in [0.2, 0.25) is 0 Å². The largest absolute Gasteiger partial charge is 0.332 e. The van der Waals surface area contributed by atoms with Gasteiger partial charge in [-0.05, 0) is 0 Å². The summed E-state index contributed by atoms with van der Waals surface area (Å²) >= 11 is 9.66. The predicted octanol–water partition coefficient (Wildman–Crippen LogP) is 0.736. The van der Waals surface area contributed by atoms with Gasteiger partial charge in [-0.15, -0.1) is 0 Å². The fourth-order valence-corrected chi connectivity index (χ4v) is 2.11. The van der Waals surface area contributed by atoms with Crippen molar-refractivity contribution in [2.24, 2.45) is 4.99 Å². The smallest absolute Gasteiger partial charge is 0.330 e. The topological polar surface area (TPSA) is 80.0 Å². The standard InChI is InChI=1S/C9H6N6OS2/c16-9-13-6-5-7(14(3-17)2-12-5)10-1-11-8(6)15(9)4-18/h1-4H,(H,10,11)(H,13,16). The summed E-state index contributed by atoms with van der Waals surface area (Å²) in [6, 6.07) is 0. The van der Waals surface area contributed by atoms with Gasteiger partial charge in [-0.25, -0.2) is 19.3 Å². The number of hydrogen-bond acceptors (Lipinski definition) is 6. The molecular formula is C9H6N6OS2. The Balaban J connectivity index is 2.36. The highest BCUT2D eigenvalue weighted by molar-refractivity contribution is 7.79. The summed E-state index contributed by atoms with van der Waals surface area (Å²) in [5.41, 5.74) is 3.41. The minimum absolute atomic E-state index is 0.333. The lowest BCUT2D eigenvalue weighted by atomic mass is 10.3. The zero-order valence-electron chi connectivity index (χ0n) is 8.82. The molecule has 0 saturated carbocycles. The number of thiocarbonyl (C=S) groups is 2. The van der Waals surface area contributed by atoms with Gasteiger partial charge in [-0.1, -0.05) is 24.4 Å². The molecule has 0 amide bonds. The van der Waals surface area contributed by atoms with Crippen molar-refractivity contribution in [1.82, 2.24) is 19.1 Å². The minimum atomic E-state index is -0.333. The number of rotatable bonds is 2. The number of aromatic nitrogens is 4. The molecule has 0 saturated heterocycles. The normalized spacial score (nSPS) is 12.2. The summed E-state index contributed by atoms with van der Waals surface area (Å²) in [4.78, 5) is 22.8. The summed E-state index contributed by atoms with van der Waals surface area (Å²) in [5.74, 6) is 1.06. The van der Waals surface area contributed by atoms with Crippen molar-refractivity contribution in [3.63, 3.8) is 0 Å². The number of H-pyrrole nitrogens is 1. The summed E-state index contributed by atoms with van der Waals surface area (Å²) in [5, 5.41) is 2.89. The van der Waals surface area contributed by atoms with E-state index in [1.54, 1.807) is 4.57 Å². The Morgan fingerprint density at radius 3 is 2.89 bits per heavy atom. The summed E-state index contributed by atoms with van der Waals surface area (Å²) in [6.45, 7) is 0. The van der Waals surface area contributed by atoms with Crippen molar-refractivity contribution in [2.75, 3.05) is 5.32 Å². The van der Waals surface area contributed by atoms with E-state index in [9.17, 15) is 4.79 Å². The molecule has 18 heavy (non-hydrogen) atoms. The maximum atomic E-state index is 11.7. The molecule has 0 radical (unpaired) electrons. The Hall–Kier alpha value is -2.13. The molecule has 3 heterocycles. The van der Waals surface area contributed by atoms with Crippen LogP contribution in [0.25, 0.3) is 11.4 Å². The number of fused-ring (bicyclic) bond motifs is 3. The summed E-state index contributed by atoms with van der Waals surface area (Å²) < 4.78 is 2.87. The lowest BCUT2D eigenvalue weighted by molar-refractivity contribution is 1.09. The molecule has 2 aromatic rings. The molecule has 2 aromatic heterocycles. The van der Waals surface area contributed by atoms with Crippen molar-refractivity contribution >= 4 is 53.4 Å². The van der Waals surface area contributed by atoms with E-state index >= 15 is 0 Å². The van der Waals surface area contributed by atoms with Crippen molar-refractivity contribution < 1.29 is 0 Å². The zero-order chi connectivity index (χ0) is 12.7. The second-order valence-electron chi connectivity index (χ2n) is 3.46. The van der Waals surface area contributed by atoms with E-state index < -0.39 is 0 Å². The number of aliphatic imine (C=N–C) groups is 1. The van der Waals surface area contributed by atoms with Gasteiger partial charge in [0.25, 0.3) is 0 Å². The third-order valence-electron chi connectivity index (χ3n) is 2.54. The minimum Gasteiger partial charge on any atom is -0.330 e. The highest BCUT2D eigenvalue weighted by Gasteiger charge is 2.22. The molecule has 0 fully saturated rings. The third-order valence-corrected chi connectivity index (χ3v) is 2.98. The first-order chi connectivity index (χ1) is 8.76. The average molecular weight is 278 g/mol. The van der Waals surface area contributed by atoms with Gasteiger partial charge in [0.1, 0.15) is 23.5 Å². The quantitative estimate of drug-likeness (QED) is 0.792. The lowest BCUT2D eigenvalue weighted by Crippen LogP contribution is -2.17. The first-order valence-corrected chi connectivity index (χ1v) is 5.82. The van der Waals surface area contributed by atoms with Crippen molar-refractivity contribution in [1.29, 1.82) is 0 Å². The average Bonchev–Trinajstić information content (AvgIpc) is 2.86. The van der Waals surface area contributed by atoms with Crippen LogP contribution >= 0.6 is 24.4 Å². The number of nitrogens with one attached hydrogen (secondary N) is 2. The van der Waals surface area contributed by atoms with E-state index in [-0.39, 0.29) is 5.69 Å². The van der Waals surface area contributed by atoms with Crippen LogP contribution in [0.3, 0.4) is 0 Å². The summed E-state index contributed by atoms with van der Waals surface area (Å²) in [7, 11) is 0. The van der Waals surface area contributed by atoms with E-state index in [0.717, 1.165) is 0 Å². The second kappa shape index (κ2) is 3.96. The number of anilines is 1. The Morgan fingerprint density at radius 1 is 1.33 bits per heavy atom. The molecule has 0 aliphatic carbocycles. The highest BCUT2D eigenvalue weighted by Crippen LogP contribution is 2.32. The van der Waals surface area contributed by atoms with Gasteiger partial charge in [-0.2, -0.15) is 0 Å². The van der Waals surface area contributed by atoms with Crippen LogP contribution in [0.1, 0.15) is 0 Å². The predicted molar refractivity (Wildman–Crippen MR) is 76.2 cm³/mol. The maximum absolute atomic E-state index is 11.7. The monoisotopic (exact) mass is 278 g/mol. The van der Waals surface area contributed by atoms with E-state index in [1.807, 2.05) is 0 Å².